The van der Waals surface area contributed by atoms with E-state index in [1.54, 1.807) is 6.92 Å². The van der Waals surface area contributed by atoms with E-state index in [-0.39, 0.29) is 17.1 Å². The molecule has 18 heavy (non-hydrogen) atoms. The van der Waals surface area contributed by atoms with Crippen LogP contribution in [0.25, 0.3) is 11.2 Å². The summed E-state index contributed by atoms with van der Waals surface area (Å²) < 4.78 is 22.4. The maximum Gasteiger partial charge on any atom is 0.226 e. The molecule has 0 saturated heterocycles. The van der Waals surface area contributed by atoms with Gasteiger partial charge in [0, 0.05) is 12.3 Å². The Morgan fingerprint density at radius 3 is 2.89 bits per heavy atom. The summed E-state index contributed by atoms with van der Waals surface area (Å²) in [5.41, 5.74) is 1.03. The lowest BCUT2D eigenvalue weighted by Crippen LogP contribution is -2.25. The average Bonchev–Trinajstić information content (AvgIpc) is 2.61. The number of imidazole rings is 1. The highest BCUT2D eigenvalue weighted by atomic mass is 35.5. The number of anilines is 1. The number of halogens is 1. The summed E-state index contributed by atoms with van der Waals surface area (Å²) in [4.78, 5) is 14.8. The third kappa shape index (κ3) is 3.08. The van der Waals surface area contributed by atoms with E-state index >= 15 is 0 Å². The molecule has 0 bridgehead atoms. The van der Waals surface area contributed by atoms with Gasteiger partial charge in [0.15, 0.2) is 11.5 Å². The molecule has 9 heteroatoms. The lowest BCUT2D eigenvalue weighted by molar-refractivity contribution is 0.598. The first kappa shape index (κ1) is 13.0. The van der Waals surface area contributed by atoms with Crippen molar-refractivity contribution in [1.29, 1.82) is 0 Å². The lowest BCUT2D eigenvalue weighted by Gasteiger charge is -2.13. The van der Waals surface area contributed by atoms with Gasteiger partial charge < -0.3 is 10.3 Å². The van der Waals surface area contributed by atoms with Gasteiger partial charge in [0.05, 0.1) is 12.1 Å². The van der Waals surface area contributed by atoms with E-state index < -0.39 is 9.84 Å². The first-order valence-corrected chi connectivity index (χ1v) is 7.60. The summed E-state index contributed by atoms with van der Waals surface area (Å²) in [5.74, 6) is 0.447. The van der Waals surface area contributed by atoms with E-state index in [0.717, 1.165) is 0 Å². The van der Waals surface area contributed by atoms with Crippen LogP contribution in [0.1, 0.15) is 6.92 Å². The lowest BCUT2D eigenvalue weighted by atomic mass is 10.4. The van der Waals surface area contributed by atoms with Gasteiger partial charge in [-0.3, -0.25) is 0 Å². The Morgan fingerprint density at radius 2 is 2.22 bits per heavy atom. The van der Waals surface area contributed by atoms with E-state index in [2.05, 4.69) is 25.3 Å². The Hall–Kier alpha value is -1.41. The molecule has 2 heterocycles. The topological polar surface area (TPSA) is 101 Å². The van der Waals surface area contributed by atoms with E-state index in [1.165, 1.54) is 12.6 Å². The molecule has 0 spiro atoms. The molecule has 2 aromatic heterocycles. The maximum absolute atomic E-state index is 11.2. The third-order valence-electron chi connectivity index (χ3n) is 2.19. The van der Waals surface area contributed by atoms with Crippen molar-refractivity contribution in [3.63, 3.8) is 0 Å². The minimum Gasteiger partial charge on any atom is -0.365 e. The van der Waals surface area contributed by atoms with Crippen molar-refractivity contribution in [2.75, 3.05) is 17.3 Å². The van der Waals surface area contributed by atoms with Crippen molar-refractivity contribution in [2.45, 2.75) is 13.0 Å². The number of aromatic nitrogens is 4. The fourth-order valence-corrected chi connectivity index (χ4v) is 2.80. The molecule has 0 radical (unpaired) electrons. The number of nitrogens with one attached hydrogen (secondary N) is 2. The number of hydrogen-bond donors (Lipinski definition) is 2. The van der Waals surface area contributed by atoms with Crippen molar-refractivity contribution >= 4 is 38.4 Å². The van der Waals surface area contributed by atoms with Crippen LogP contribution in [0.5, 0.6) is 0 Å². The molecular weight excluding hydrogens is 278 g/mol. The molecule has 0 aliphatic carbocycles. The van der Waals surface area contributed by atoms with Crippen LogP contribution in [-0.2, 0) is 9.84 Å². The number of nitrogens with zero attached hydrogens (tertiary/aromatic N) is 3. The zero-order valence-electron chi connectivity index (χ0n) is 9.81. The minimum absolute atomic E-state index is 0.00422. The molecule has 0 aromatic carbocycles. The van der Waals surface area contributed by atoms with Crippen LogP contribution >= 0.6 is 11.6 Å². The van der Waals surface area contributed by atoms with Crippen LogP contribution in [0.2, 0.25) is 5.28 Å². The molecule has 2 rings (SSSR count). The van der Waals surface area contributed by atoms with Gasteiger partial charge in [-0.25, -0.2) is 13.4 Å². The quantitative estimate of drug-likeness (QED) is 0.809. The molecule has 0 amide bonds. The molecule has 7 nitrogen and oxygen atoms in total. The second-order valence-corrected chi connectivity index (χ2v) is 6.60. The highest BCUT2D eigenvalue weighted by molar-refractivity contribution is 7.90. The normalized spacial score (nSPS) is 13.7. The molecule has 98 valence electrons. The van der Waals surface area contributed by atoms with E-state index in [1.807, 2.05) is 0 Å². The van der Waals surface area contributed by atoms with E-state index in [4.69, 9.17) is 11.6 Å². The predicted molar refractivity (Wildman–Crippen MR) is 69.5 cm³/mol. The second-order valence-electron chi connectivity index (χ2n) is 4.08. The maximum atomic E-state index is 11.2. The molecule has 0 aliphatic heterocycles. The largest absolute Gasteiger partial charge is 0.365 e. The molecule has 0 fully saturated rings. The second kappa shape index (κ2) is 4.69. The van der Waals surface area contributed by atoms with Gasteiger partial charge >= 0.3 is 0 Å². The van der Waals surface area contributed by atoms with Crippen LogP contribution < -0.4 is 5.32 Å². The number of fused-ring (bicyclic) bond motifs is 1. The van der Waals surface area contributed by atoms with Crippen molar-refractivity contribution in [2.24, 2.45) is 0 Å². The molecule has 2 N–H and O–H groups in total. The van der Waals surface area contributed by atoms with Crippen molar-refractivity contribution in [3.8, 4) is 0 Å². The highest BCUT2D eigenvalue weighted by Crippen LogP contribution is 2.19. The molecule has 1 unspecified atom stereocenters. The standard InChI is InChI=1S/C9H12ClN5O2S/c1-5(3-18(2,16)17)13-8-6-7(12-4-11-6)14-9(10)15-8/h4-5H,3H2,1-2H3,(H2,11,12,13,14,15). The Kier molecular flexibility index (Phi) is 3.40. The molecular formula is C9H12ClN5O2S. The van der Waals surface area contributed by atoms with Gasteiger partial charge in [0.1, 0.15) is 15.4 Å². The summed E-state index contributed by atoms with van der Waals surface area (Å²) in [6, 6.07) is -0.294. The van der Waals surface area contributed by atoms with Gasteiger partial charge in [-0.2, -0.15) is 9.97 Å². The number of hydrogen-bond acceptors (Lipinski definition) is 6. The van der Waals surface area contributed by atoms with Crippen molar-refractivity contribution in [3.05, 3.63) is 11.6 Å². The monoisotopic (exact) mass is 289 g/mol. The Balaban J connectivity index is 2.28. The van der Waals surface area contributed by atoms with Gasteiger partial charge in [-0.15, -0.1) is 0 Å². The Morgan fingerprint density at radius 1 is 1.50 bits per heavy atom. The molecule has 0 saturated carbocycles. The van der Waals surface area contributed by atoms with Crippen molar-refractivity contribution in [1.82, 2.24) is 19.9 Å². The van der Waals surface area contributed by atoms with Gasteiger partial charge in [0.25, 0.3) is 0 Å². The van der Waals surface area contributed by atoms with Crippen LogP contribution in [0.3, 0.4) is 0 Å². The highest BCUT2D eigenvalue weighted by Gasteiger charge is 2.14. The fourth-order valence-electron chi connectivity index (χ4n) is 1.64. The van der Waals surface area contributed by atoms with Crippen LogP contribution in [-0.4, -0.2) is 46.4 Å². The summed E-state index contributed by atoms with van der Waals surface area (Å²) in [5, 5.41) is 3.04. The first-order chi connectivity index (χ1) is 8.35. The molecule has 1 atom stereocenters. The van der Waals surface area contributed by atoms with Crippen LogP contribution in [0.15, 0.2) is 6.33 Å². The minimum atomic E-state index is -3.06. The number of aromatic amines is 1. The zero-order chi connectivity index (χ0) is 13.3. The summed E-state index contributed by atoms with van der Waals surface area (Å²) >= 11 is 5.76. The van der Waals surface area contributed by atoms with E-state index in [0.29, 0.717) is 17.0 Å². The van der Waals surface area contributed by atoms with Gasteiger partial charge in [0.2, 0.25) is 5.28 Å². The smallest absolute Gasteiger partial charge is 0.226 e. The number of rotatable bonds is 4. The predicted octanol–water partition coefficient (Wildman–Crippen LogP) is 0.851. The summed E-state index contributed by atoms with van der Waals surface area (Å²) in [7, 11) is -3.06. The number of H-pyrrole nitrogens is 1. The van der Waals surface area contributed by atoms with Crippen molar-refractivity contribution < 1.29 is 8.42 Å². The first-order valence-electron chi connectivity index (χ1n) is 5.16. The van der Waals surface area contributed by atoms with Crippen LogP contribution in [0, 0.1) is 0 Å². The average molecular weight is 290 g/mol. The third-order valence-corrected chi connectivity index (χ3v) is 3.47. The zero-order valence-corrected chi connectivity index (χ0v) is 11.4. The van der Waals surface area contributed by atoms with Gasteiger partial charge in [-0.1, -0.05) is 0 Å². The summed E-state index contributed by atoms with van der Waals surface area (Å²) in [6.45, 7) is 1.75. The molecule has 2 aromatic rings. The molecule has 0 aliphatic rings. The Labute approximate surface area is 109 Å². The van der Waals surface area contributed by atoms with Gasteiger partial charge in [-0.05, 0) is 18.5 Å². The van der Waals surface area contributed by atoms with E-state index in [9.17, 15) is 8.42 Å². The SMILES string of the molecule is CC(CS(C)(=O)=O)Nc1nc(Cl)nc2nc[nH]c12. The fraction of sp³-hybridized carbons (Fsp3) is 0.444. The van der Waals surface area contributed by atoms with Crippen LogP contribution in [0.4, 0.5) is 5.82 Å². The Bertz CT molecular complexity index is 669. The summed E-state index contributed by atoms with van der Waals surface area (Å²) in [6.07, 6.45) is 2.66. The number of sulfone groups is 1.